The van der Waals surface area contributed by atoms with Crippen molar-refractivity contribution in [1.82, 2.24) is 4.90 Å². The number of thiophene rings is 1. The van der Waals surface area contributed by atoms with Crippen molar-refractivity contribution in [2.24, 2.45) is 11.1 Å². The molecule has 2 amide bonds. The Morgan fingerprint density at radius 3 is 2.72 bits per heavy atom. The average Bonchev–Trinajstić information content (AvgIpc) is 3.35. The third kappa shape index (κ3) is 4.70. The molecule has 3 aromatic rings. The Labute approximate surface area is 192 Å². The van der Waals surface area contributed by atoms with E-state index in [-0.39, 0.29) is 18.2 Å². The molecule has 2 aromatic carbocycles. The molecule has 2 N–H and O–H groups in total. The Kier molecular flexibility index (Phi) is 6.61. The van der Waals surface area contributed by atoms with Crippen molar-refractivity contribution in [3.05, 3.63) is 77.2 Å². The molecule has 1 saturated heterocycles. The Bertz CT molecular complexity index is 1100. The first-order valence-electron chi connectivity index (χ1n) is 10.8. The van der Waals surface area contributed by atoms with Gasteiger partial charge >= 0.3 is 0 Å². The third-order valence-corrected chi connectivity index (χ3v) is 7.18. The van der Waals surface area contributed by atoms with E-state index >= 15 is 0 Å². The summed E-state index contributed by atoms with van der Waals surface area (Å²) in [4.78, 5) is 28.8. The fourth-order valence-electron chi connectivity index (χ4n) is 4.57. The van der Waals surface area contributed by atoms with E-state index in [2.05, 4.69) is 23.6 Å². The van der Waals surface area contributed by atoms with E-state index in [0.717, 1.165) is 23.1 Å². The maximum atomic E-state index is 13.1. The first kappa shape index (κ1) is 22.1. The summed E-state index contributed by atoms with van der Waals surface area (Å²) in [6.07, 6.45) is 2.21. The number of amides is 2. The maximum Gasteiger partial charge on any atom is 0.227 e. The molecule has 2 heterocycles. The molecule has 0 aliphatic carbocycles. The van der Waals surface area contributed by atoms with Gasteiger partial charge in [0.25, 0.3) is 0 Å². The summed E-state index contributed by atoms with van der Waals surface area (Å²) in [6.45, 7) is 0.984. The van der Waals surface area contributed by atoms with E-state index in [1.54, 1.807) is 23.3 Å². The molecule has 1 aliphatic rings. The first-order chi connectivity index (χ1) is 15.5. The fourth-order valence-corrected chi connectivity index (χ4v) is 5.29. The topological polar surface area (TPSA) is 72.6 Å². The van der Waals surface area contributed by atoms with Crippen molar-refractivity contribution >= 4 is 23.2 Å². The molecule has 0 spiro atoms. The summed E-state index contributed by atoms with van der Waals surface area (Å²) >= 11 is 1.69. The van der Waals surface area contributed by atoms with Crippen LogP contribution in [0.5, 0.6) is 5.75 Å². The van der Waals surface area contributed by atoms with Gasteiger partial charge in [-0.3, -0.25) is 9.59 Å². The number of nitrogens with zero attached hydrogens (tertiary/aromatic N) is 1. The molecule has 5 nitrogen and oxygen atoms in total. The second-order valence-corrected chi connectivity index (χ2v) is 9.35. The van der Waals surface area contributed by atoms with Gasteiger partial charge in [0.2, 0.25) is 11.8 Å². The number of methoxy groups -OCH3 is 1. The molecule has 0 saturated carbocycles. The van der Waals surface area contributed by atoms with Crippen molar-refractivity contribution in [1.29, 1.82) is 0 Å². The van der Waals surface area contributed by atoms with Crippen molar-refractivity contribution in [2.45, 2.75) is 25.7 Å². The molecule has 0 radical (unpaired) electrons. The van der Waals surface area contributed by atoms with Gasteiger partial charge < -0.3 is 15.4 Å². The first-order valence-corrected chi connectivity index (χ1v) is 11.7. The Morgan fingerprint density at radius 1 is 1.12 bits per heavy atom. The van der Waals surface area contributed by atoms with Gasteiger partial charge in [-0.2, -0.15) is 0 Å². The zero-order chi connectivity index (χ0) is 22.6. The standard InChI is InChI=1S/C26H28N2O3S/c1-31-22-10-3-2-8-20(22)16-24(29)28-13-6-12-26(18-28,25(27)30)17-19-7-4-9-21(15-19)23-11-5-14-32-23/h2-5,7-11,14-15H,6,12-13,16-18H2,1H3,(H2,27,30). The van der Waals surface area contributed by atoms with Crippen LogP contribution in [0.2, 0.25) is 0 Å². The van der Waals surface area contributed by atoms with Gasteiger partial charge in [-0.15, -0.1) is 11.3 Å². The number of carbonyl (C=O) groups is 2. The van der Waals surface area contributed by atoms with Crippen LogP contribution < -0.4 is 10.5 Å². The van der Waals surface area contributed by atoms with Gasteiger partial charge in [0, 0.05) is 23.5 Å². The highest BCUT2D eigenvalue weighted by Gasteiger charge is 2.42. The predicted octanol–water partition coefficient (Wildman–Crippen LogP) is 4.30. The Balaban J connectivity index is 1.53. The summed E-state index contributed by atoms with van der Waals surface area (Å²) in [5, 5.41) is 2.05. The smallest absolute Gasteiger partial charge is 0.227 e. The molecule has 0 bridgehead atoms. The quantitative estimate of drug-likeness (QED) is 0.586. The molecule has 1 fully saturated rings. The second-order valence-electron chi connectivity index (χ2n) is 8.41. The number of carbonyl (C=O) groups excluding carboxylic acids is 2. The van der Waals surface area contributed by atoms with Crippen LogP contribution in [0, 0.1) is 5.41 Å². The minimum Gasteiger partial charge on any atom is -0.496 e. The number of piperidine rings is 1. The number of hydrogen-bond donors (Lipinski definition) is 1. The van der Waals surface area contributed by atoms with Crippen LogP contribution in [-0.4, -0.2) is 36.9 Å². The van der Waals surface area contributed by atoms with Crippen molar-refractivity contribution < 1.29 is 14.3 Å². The highest BCUT2D eigenvalue weighted by molar-refractivity contribution is 7.13. The molecule has 1 aromatic heterocycles. The highest BCUT2D eigenvalue weighted by Crippen LogP contribution is 2.35. The van der Waals surface area contributed by atoms with Crippen LogP contribution in [0.4, 0.5) is 0 Å². The molecule has 1 atom stereocenters. The van der Waals surface area contributed by atoms with E-state index < -0.39 is 5.41 Å². The lowest BCUT2D eigenvalue weighted by Crippen LogP contribution is -2.53. The summed E-state index contributed by atoms with van der Waals surface area (Å²) in [5.74, 6) is 0.352. The number of para-hydroxylation sites is 1. The second kappa shape index (κ2) is 9.57. The van der Waals surface area contributed by atoms with Crippen LogP contribution in [-0.2, 0) is 22.4 Å². The van der Waals surface area contributed by atoms with Crippen LogP contribution in [0.25, 0.3) is 10.4 Å². The minimum absolute atomic E-state index is 0.00726. The average molecular weight is 449 g/mol. The Morgan fingerprint density at radius 2 is 1.97 bits per heavy atom. The normalized spacial score (nSPS) is 18.3. The van der Waals surface area contributed by atoms with E-state index in [9.17, 15) is 9.59 Å². The fraction of sp³-hybridized carbons (Fsp3) is 0.308. The number of likely N-dealkylation sites (tertiary alicyclic amines) is 1. The maximum absolute atomic E-state index is 13.1. The third-order valence-electron chi connectivity index (χ3n) is 6.26. The van der Waals surface area contributed by atoms with Gasteiger partial charge in [0.15, 0.2) is 0 Å². The molecule has 6 heteroatoms. The zero-order valence-corrected chi connectivity index (χ0v) is 19.1. The molecule has 32 heavy (non-hydrogen) atoms. The van der Waals surface area contributed by atoms with Crippen LogP contribution >= 0.6 is 11.3 Å². The summed E-state index contributed by atoms with van der Waals surface area (Å²) in [6, 6.07) is 19.9. The molecule has 1 aliphatic heterocycles. The number of hydrogen-bond acceptors (Lipinski definition) is 4. The minimum atomic E-state index is -0.761. The lowest BCUT2D eigenvalue weighted by atomic mass is 9.74. The lowest BCUT2D eigenvalue weighted by molar-refractivity contribution is -0.139. The Hall–Kier alpha value is -3.12. The lowest BCUT2D eigenvalue weighted by Gasteiger charge is -2.41. The number of primary amides is 1. The van der Waals surface area contributed by atoms with Gasteiger partial charge in [0.05, 0.1) is 18.9 Å². The van der Waals surface area contributed by atoms with Crippen molar-refractivity contribution in [2.75, 3.05) is 20.2 Å². The zero-order valence-electron chi connectivity index (χ0n) is 18.3. The van der Waals surface area contributed by atoms with E-state index in [4.69, 9.17) is 10.5 Å². The number of ether oxygens (including phenoxy) is 1. The van der Waals surface area contributed by atoms with Crippen LogP contribution in [0.15, 0.2) is 66.0 Å². The van der Waals surface area contributed by atoms with Gasteiger partial charge in [0.1, 0.15) is 5.75 Å². The molecule has 166 valence electrons. The van der Waals surface area contributed by atoms with E-state index in [0.29, 0.717) is 31.7 Å². The van der Waals surface area contributed by atoms with Crippen LogP contribution in [0.1, 0.15) is 24.0 Å². The van der Waals surface area contributed by atoms with E-state index in [1.165, 1.54) is 4.88 Å². The molecular formula is C26H28N2O3S. The highest BCUT2D eigenvalue weighted by atomic mass is 32.1. The van der Waals surface area contributed by atoms with Crippen LogP contribution in [0.3, 0.4) is 0 Å². The number of nitrogens with two attached hydrogens (primary N) is 1. The summed E-state index contributed by atoms with van der Waals surface area (Å²) in [7, 11) is 1.60. The molecule has 4 rings (SSSR count). The monoisotopic (exact) mass is 448 g/mol. The number of rotatable bonds is 7. The molecule has 1 unspecified atom stereocenters. The number of benzene rings is 2. The van der Waals surface area contributed by atoms with Crippen molar-refractivity contribution in [3.63, 3.8) is 0 Å². The SMILES string of the molecule is COc1ccccc1CC(=O)N1CCCC(Cc2cccc(-c3cccs3)c2)(C(N)=O)C1. The summed E-state index contributed by atoms with van der Waals surface area (Å²) < 4.78 is 5.39. The largest absolute Gasteiger partial charge is 0.496 e. The summed E-state index contributed by atoms with van der Waals surface area (Å²) in [5.41, 5.74) is 8.23. The van der Waals surface area contributed by atoms with Crippen molar-refractivity contribution in [3.8, 4) is 16.2 Å². The predicted molar refractivity (Wildman–Crippen MR) is 128 cm³/mol. The molecular weight excluding hydrogens is 420 g/mol. The van der Waals surface area contributed by atoms with E-state index in [1.807, 2.05) is 42.5 Å². The van der Waals surface area contributed by atoms with Gasteiger partial charge in [-0.25, -0.2) is 0 Å². The van der Waals surface area contributed by atoms with Gasteiger partial charge in [-0.05, 0) is 47.9 Å². The van der Waals surface area contributed by atoms with Gasteiger partial charge in [-0.1, -0.05) is 48.5 Å².